The summed E-state index contributed by atoms with van der Waals surface area (Å²) in [5.41, 5.74) is 1.17. The first-order chi connectivity index (χ1) is 10.6. The molecule has 0 spiro atoms. The van der Waals surface area contributed by atoms with Gasteiger partial charge in [-0.1, -0.05) is 39.7 Å². The summed E-state index contributed by atoms with van der Waals surface area (Å²) >= 11 is 0. The van der Waals surface area contributed by atoms with E-state index >= 15 is 0 Å². The Morgan fingerprint density at radius 2 is 2.09 bits per heavy atom. The number of carbonyl (C=O) groups excluding carboxylic acids is 1. The third kappa shape index (κ3) is 5.05. The van der Waals surface area contributed by atoms with Crippen molar-refractivity contribution in [3.05, 3.63) is 35.9 Å². The molecule has 1 aromatic carbocycles. The van der Waals surface area contributed by atoms with E-state index in [1.165, 1.54) is 5.56 Å². The highest BCUT2D eigenvalue weighted by atomic mass is 31.0. The van der Waals surface area contributed by atoms with E-state index in [0.29, 0.717) is 19.4 Å². The SMILES string of the molecule is O=C(C[C@@H](Cc1ccccc1)NP)N[C@@H]1CN[C@H](C(=O)O)C1. The zero-order valence-electron chi connectivity index (χ0n) is 12.3. The minimum Gasteiger partial charge on any atom is -0.480 e. The number of aliphatic carboxylic acids is 1. The number of amides is 1. The van der Waals surface area contributed by atoms with Crippen LogP contribution in [0.15, 0.2) is 30.3 Å². The molecule has 0 aromatic heterocycles. The van der Waals surface area contributed by atoms with E-state index in [-0.39, 0.29) is 18.0 Å². The Balaban J connectivity index is 1.79. The van der Waals surface area contributed by atoms with Gasteiger partial charge in [-0.05, 0) is 18.4 Å². The van der Waals surface area contributed by atoms with Crippen LogP contribution in [0.25, 0.3) is 0 Å². The molecule has 1 amide bonds. The number of carbonyl (C=O) groups is 2. The van der Waals surface area contributed by atoms with Gasteiger partial charge in [-0.3, -0.25) is 14.7 Å². The van der Waals surface area contributed by atoms with E-state index in [9.17, 15) is 9.59 Å². The zero-order chi connectivity index (χ0) is 15.9. The molecule has 0 bridgehead atoms. The van der Waals surface area contributed by atoms with Crippen molar-refractivity contribution < 1.29 is 14.7 Å². The van der Waals surface area contributed by atoms with Crippen molar-refractivity contribution in [1.82, 2.24) is 15.7 Å². The topological polar surface area (TPSA) is 90.5 Å². The molecule has 1 aliphatic heterocycles. The van der Waals surface area contributed by atoms with Crippen molar-refractivity contribution in [2.24, 2.45) is 0 Å². The summed E-state index contributed by atoms with van der Waals surface area (Å²) in [6.45, 7) is 0.500. The lowest BCUT2D eigenvalue weighted by molar-refractivity contribution is -0.139. The minimum atomic E-state index is -0.870. The number of nitrogens with one attached hydrogen (secondary N) is 3. The maximum absolute atomic E-state index is 12.1. The van der Waals surface area contributed by atoms with E-state index in [4.69, 9.17) is 5.11 Å². The third-order valence-corrected chi connectivity index (χ3v) is 4.26. The second-order valence-corrected chi connectivity index (χ2v) is 5.89. The summed E-state index contributed by atoms with van der Waals surface area (Å²) in [4.78, 5) is 23.0. The Morgan fingerprint density at radius 3 is 2.68 bits per heavy atom. The summed E-state index contributed by atoms with van der Waals surface area (Å²) < 4.78 is 0. The van der Waals surface area contributed by atoms with Gasteiger partial charge in [0.15, 0.2) is 0 Å². The normalized spacial score (nSPS) is 22.2. The second kappa shape index (κ2) is 8.22. The van der Waals surface area contributed by atoms with Gasteiger partial charge in [0.05, 0.1) is 0 Å². The Morgan fingerprint density at radius 1 is 1.36 bits per heavy atom. The van der Waals surface area contributed by atoms with Gasteiger partial charge >= 0.3 is 5.97 Å². The van der Waals surface area contributed by atoms with Gasteiger partial charge in [-0.15, -0.1) is 0 Å². The number of carboxylic acid groups (broad SMARTS) is 1. The quantitative estimate of drug-likeness (QED) is 0.542. The van der Waals surface area contributed by atoms with E-state index in [2.05, 4.69) is 25.1 Å². The van der Waals surface area contributed by atoms with Crippen LogP contribution in [0.3, 0.4) is 0 Å². The minimum absolute atomic E-state index is 0.0250. The van der Waals surface area contributed by atoms with Crippen molar-refractivity contribution in [2.45, 2.75) is 37.4 Å². The van der Waals surface area contributed by atoms with Gasteiger partial charge in [0, 0.05) is 25.0 Å². The van der Waals surface area contributed by atoms with Crippen LogP contribution in [0.2, 0.25) is 0 Å². The maximum Gasteiger partial charge on any atom is 0.320 e. The smallest absolute Gasteiger partial charge is 0.320 e. The number of hydrogen-bond donors (Lipinski definition) is 4. The highest BCUT2D eigenvalue weighted by Gasteiger charge is 2.30. The first-order valence-corrected chi connectivity index (χ1v) is 7.92. The molecule has 1 aliphatic rings. The van der Waals surface area contributed by atoms with Gasteiger partial charge in [-0.2, -0.15) is 0 Å². The maximum atomic E-state index is 12.1. The third-order valence-electron chi connectivity index (χ3n) is 3.79. The van der Waals surface area contributed by atoms with Crippen LogP contribution in [0.4, 0.5) is 0 Å². The molecule has 1 aromatic rings. The van der Waals surface area contributed by atoms with Gasteiger partial charge < -0.3 is 15.7 Å². The number of rotatable bonds is 7. The molecule has 120 valence electrons. The summed E-state index contributed by atoms with van der Waals surface area (Å²) in [5, 5.41) is 17.8. The number of benzene rings is 1. The van der Waals surface area contributed by atoms with Crippen LogP contribution in [-0.2, 0) is 16.0 Å². The molecule has 4 N–H and O–H groups in total. The fourth-order valence-corrected chi connectivity index (χ4v) is 2.87. The first-order valence-electron chi connectivity index (χ1n) is 7.34. The predicted octanol–water partition coefficient (Wildman–Crippen LogP) is 0.299. The molecule has 1 heterocycles. The Hall–Kier alpha value is -1.49. The molecule has 1 saturated heterocycles. The predicted molar refractivity (Wildman–Crippen MR) is 87.4 cm³/mol. The first kappa shape index (κ1) is 16.9. The molecule has 1 unspecified atom stereocenters. The van der Waals surface area contributed by atoms with Crippen molar-refractivity contribution in [3.63, 3.8) is 0 Å². The molecule has 0 aliphatic carbocycles. The van der Waals surface area contributed by atoms with Crippen molar-refractivity contribution in [2.75, 3.05) is 6.54 Å². The van der Waals surface area contributed by atoms with Gasteiger partial charge in [0.1, 0.15) is 6.04 Å². The van der Waals surface area contributed by atoms with Crippen LogP contribution in [-0.4, -0.2) is 41.7 Å². The molecule has 22 heavy (non-hydrogen) atoms. The van der Waals surface area contributed by atoms with Gasteiger partial charge in [0.2, 0.25) is 5.91 Å². The van der Waals surface area contributed by atoms with Crippen LogP contribution in [0.5, 0.6) is 0 Å². The fraction of sp³-hybridized carbons (Fsp3) is 0.467. The van der Waals surface area contributed by atoms with Crippen LogP contribution < -0.4 is 15.7 Å². The summed E-state index contributed by atoms with van der Waals surface area (Å²) in [5.74, 6) is -0.931. The van der Waals surface area contributed by atoms with Crippen molar-refractivity contribution in [3.8, 4) is 0 Å². The zero-order valence-corrected chi connectivity index (χ0v) is 13.4. The molecular weight excluding hydrogens is 301 g/mol. The molecule has 2 rings (SSSR count). The van der Waals surface area contributed by atoms with Gasteiger partial charge in [-0.25, -0.2) is 0 Å². The monoisotopic (exact) mass is 323 g/mol. The van der Waals surface area contributed by atoms with Crippen LogP contribution in [0.1, 0.15) is 18.4 Å². The average Bonchev–Trinajstić information content (AvgIpc) is 2.96. The molecule has 1 fully saturated rings. The molecule has 7 heteroatoms. The average molecular weight is 323 g/mol. The number of hydrogen-bond acceptors (Lipinski definition) is 4. The lowest BCUT2D eigenvalue weighted by Gasteiger charge is -2.18. The van der Waals surface area contributed by atoms with E-state index in [1.54, 1.807) is 0 Å². The van der Waals surface area contributed by atoms with E-state index < -0.39 is 12.0 Å². The van der Waals surface area contributed by atoms with E-state index in [1.807, 2.05) is 30.3 Å². The Kier molecular flexibility index (Phi) is 6.31. The summed E-state index contributed by atoms with van der Waals surface area (Å²) in [6.07, 6.45) is 1.55. The largest absolute Gasteiger partial charge is 0.480 e. The van der Waals surface area contributed by atoms with Crippen LogP contribution >= 0.6 is 9.39 Å². The standard InChI is InChI=1S/C15H22N3O3P/c19-14(17-12-7-13(15(20)21)16-9-12)8-11(18-22)6-10-4-2-1-3-5-10/h1-5,11-13,16,18H,6-9,22H2,(H,17,19)(H,20,21)/t11-,12+,13+/m1/s1. The Bertz CT molecular complexity index is 512. The second-order valence-electron chi connectivity index (χ2n) is 5.56. The van der Waals surface area contributed by atoms with Crippen molar-refractivity contribution in [1.29, 1.82) is 0 Å². The Labute approximate surface area is 132 Å². The molecular formula is C15H22N3O3P. The van der Waals surface area contributed by atoms with Gasteiger partial charge in [0.25, 0.3) is 0 Å². The highest BCUT2D eigenvalue weighted by Crippen LogP contribution is 2.10. The van der Waals surface area contributed by atoms with Crippen LogP contribution in [0, 0.1) is 0 Å². The lowest BCUT2D eigenvalue weighted by atomic mass is 10.0. The van der Waals surface area contributed by atoms with Crippen molar-refractivity contribution >= 4 is 21.3 Å². The molecule has 0 saturated carbocycles. The summed E-state index contributed by atoms with van der Waals surface area (Å²) in [7, 11) is 2.46. The molecule has 0 radical (unpaired) electrons. The highest BCUT2D eigenvalue weighted by molar-refractivity contribution is 7.13. The number of carboxylic acids is 1. The molecule has 4 atom stereocenters. The summed E-state index contributed by atoms with van der Waals surface area (Å²) in [6, 6.07) is 9.33. The lowest BCUT2D eigenvalue weighted by Crippen LogP contribution is -2.39. The molecule has 6 nitrogen and oxygen atoms in total. The fourth-order valence-electron chi connectivity index (χ4n) is 2.63. The van der Waals surface area contributed by atoms with E-state index in [0.717, 1.165) is 6.42 Å².